The topological polar surface area (TPSA) is 86.4 Å². The highest BCUT2D eigenvalue weighted by atomic mass is 35.5. The van der Waals surface area contributed by atoms with Gasteiger partial charge in [-0.2, -0.15) is 13.2 Å². The number of rotatable bonds is 7. The summed E-state index contributed by atoms with van der Waals surface area (Å²) in [5, 5.41) is 2.73. The summed E-state index contributed by atoms with van der Waals surface area (Å²) < 4.78 is 42.9. The number of hydrogen-bond acceptors (Lipinski definition) is 6. The molecule has 0 atom stereocenters. The van der Waals surface area contributed by atoms with Gasteiger partial charge in [-0.25, -0.2) is 9.97 Å². The maximum absolute atomic E-state index is 12.5. The third-order valence-corrected chi connectivity index (χ3v) is 5.75. The van der Waals surface area contributed by atoms with Gasteiger partial charge in [-0.3, -0.25) is 9.69 Å². The minimum Gasteiger partial charge on any atom is -0.491 e. The van der Waals surface area contributed by atoms with Crippen molar-refractivity contribution in [3.05, 3.63) is 42.5 Å². The van der Waals surface area contributed by atoms with Crippen LogP contribution >= 0.6 is 12.4 Å². The molecule has 0 radical (unpaired) electrons. The Labute approximate surface area is 200 Å². The van der Waals surface area contributed by atoms with Gasteiger partial charge in [-0.15, -0.1) is 12.4 Å². The molecule has 184 valence electrons. The second-order valence-electron chi connectivity index (χ2n) is 7.87. The Hall–Kier alpha value is -3.05. The lowest BCUT2D eigenvalue weighted by molar-refractivity contribution is -0.167. The number of ether oxygens (including phenoxy) is 1. The summed E-state index contributed by atoms with van der Waals surface area (Å²) in [6, 6.07) is 4.71. The third-order valence-electron chi connectivity index (χ3n) is 5.75. The van der Waals surface area contributed by atoms with Crippen LogP contribution < -0.4 is 15.0 Å². The van der Waals surface area contributed by atoms with Crippen molar-refractivity contribution >= 4 is 40.7 Å². The van der Waals surface area contributed by atoms with E-state index in [1.165, 1.54) is 12.4 Å². The zero-order valence-electron chi connectivity index (χ0n) is 18.6. The Morgan fingerprint density at radius 1 is 1.24 bits per heavy atom. The Morgan fingerprint density at radius 3 is 2.71 bits per heavy atom. The van der Waals surface area contributed by atoms with Crippen molar-refractivity contribution in [3.8, 4) is 5.75 Å². The summed E-state index contributed by atoms with van der Waals surface area (Å²) in [5.41, 5.74) is 1.96. The molecule has 0 unspecified atom stereocenters. The molecular formula is C22H26ClF3N6O2. The van der Waals surface area contributed by atoms with E-state index in [4.69, 9.17) is 4.74 Å². The van der Waals surface area contributed by atoms with Crippen LogP contribution in [-0.2, 0) is 11.2 Å². The first-order valence-electron chi connectivity index (χ1n) is 10.6. The largest absolute Gasteiger partial charge is 0.491 e. The maximum atomic E-state index is 12.5. The molecule has 1 aliphatic rings. The highest BCUT2D eigenvalue weighted by Crippen LogP contribution is 2.26. The Balaban J connectivity index is 0.00000324. The Morgan fingerprint density at radius 2 is 2.00 bits per heavy atom. The summed E-state index contributed by atoms with van der Waals surface area (Å²) >= 11 is 0. The molecule has 8 nitrogen and oxygen atoms in total. The second-order valence-corrected chi connectivity index (χ2v) is 7.87. The number of fused-ring (bicyclic) bond motifs is 1. The highest BCUT2D eigenvalue weighted by molar-refractivity contribution is 5.97. The van der Waals surface area contributed by atoms with E-state index in [0.717, 1.165) is 67.8 Å². The number of carbonyl (C=O) groups is 1. The van der Waals surface area contributed by atoms with E-state index in [0.29, 0.717) is 5.75 Å². The van der Waals surface area contributed by atoms with Crippen LogP contribution in [-0.4, -0.2) is 71.8 Å². The van der Waals surface area contributed by atoms with Gasteiger partial charge >= 0.3 is 12.1 Å². The van der Waals surface area contributed by atoms with Gasteiger partial charge in [-0.05, 0) is 43.1 Å². The number of carbonyl (C=O) groups excluding carboxylic acids is 1. The number of aromatic amines is 1. The molecule has 0 aliphatic carbocycles. The lowest BCUT2D eigenvalue weighted by Crippen LogP contribution is -2.47. The van der Waals surface area contributed by atoms with Crippen molar-refractivity contribution in [2.24, 2.45) is 0 Å². The lowest BCUT2D eigenvalue weighted by atomic mass is 10.1. The number of nitrogens with one attached hydrogen (secondary N) is 2. The quantitative estimate of drug-likeness (QED) is 0.517. The van der Waals surface area contributed by atoms with Crippen molar-refractivity contribution in [3.63, 3.8) is 0 Å². The number of aromatic nitrogens is 3. The minimum atomic E-state index is -4.92. The number of nitrogens with zero attached hydrogens (tertiary/aromatic N) is 4. The predicted molar refractivity (Wildman–Crippen MR) is 126 cm³/mol. The first-order chi connectivity index (χ1) is 15.8. The smallest absolute Gasteiger partial charge is 0.471 e. The molecule has 0 saturated carbocycles. The highest BCUT2D eigenvalue weighted by Gasteiger charge is 2.38. The van der Waals surface area contributed by atoms with Gasteiger partial charge in [0, 0.05) is 49.0 Å². The molecule has 1 amide bonds. The molecule has 0 spiro atoms. The molecule has 1 aromatic carbocycles. The van der Waals surface area contributed by atoms with E-state index < -0.39 is 12.1 Å². The summed E-state index contributed by atoms with van der Waals surface area (Å²) in [4.78, 5) is 27.3. The van der Waals surface area contributed by atoms with E-state index in [-0.39, 0.29) is 18.1 Å². The van der Waals surface area contributed by atoms with Crippen molar-refractivity contribution in [1.29, 1.82) is 0 Å². The van der Waals surface area contributed by atoms with Gasteiger partial charge in [0.05, 0.1) is 13.3 Å². The summed E-state index contributed by atoms with van der Waals surface area (Å²) in [7, 11) is 1.61. The van der Waals surface area contributed by atoms with E-state index in [1.807, 2.05) is 11.5 Å². The van der Waals surface area contributed by atoms with E-state index in [1.54, 1.807) is 25.4 Å². The number of hydrogen-bond donors (Lipinski definition) is 2. The monoisotopic (exact) mass is 498 g/mol. The van der Waals surface area contributed by atoms with Crippen molar-refractivity contribution < 1.29 is 22.7 Å². The summed E-state index contributed by atoms with van der Waals surface area (Å²) in [6.07, 6.45) is 1.82. The zero-order valence-corrected chi connectivity index (χ0v) is 19.4. The number of methoxy groups -OCH3 is 1. The van der Waals surface area contributed by atoms with Gasteiger partial charge in [0.2, 0.25) is 0 Å². The molecular weight excluding hydrogens is 473 g/mol. The number of aryl methyl sites for hydroxylation is 1. The summed E-state index contributed by atoms with van der Waals surface area (Å²) in [6.45, 7) is 4.38. The van der Waals surface area contributed by atoms with Crippen molar-refractivity contribution in [2.75, 3.05) is 50.1 Å². The van der Waals surface area contributed by atoms with Gasteiger partial charge in [0.25, 0.3) is 0 Å². The Bertz CT molecular complexity index is 1120. The van der Waals surface area contributed by atoms with Crippen LogP contribution in [0.1, 0.15) is 12.0 Å². The minimum absolute atomic E-state index is 0. The number of H-pyrrole nitrogens is 1. The van der Waals surface area contributed by atoms with Crippen molar-refractivity contribution in [1.82, 2.24) is 19.9 Å². The number of benzene rings is 1. The first-order valence-corrected chi connectivity index (χ1v) is 10.6. The van der Waals surface area contributed by atoms with Gasteiger partial charge < -0.3 is 19.9 Å². The molecule has 0 bridgehead atoms. The van der Waals surface area contributed by atoms with Crippen LogP contribution in [0.4, 0.5) is 24.7 Å². The number of halogens is 4. The Kier molecular flexibility index (Phi) is 8.21. The molecule has 1 aliphatic heterocycles. The predicted octanol–water partition coefficient (Wildman–Crippen LogP) is 3.64. The molecule has 1 fully saturated rings. The normalized spacial score (nSPS) is 14.6. The van der Waals surface area contributed by atoms with Gasteiger partial charge in [0.1, 0.15) is 6.33 Å². The van der Waals surface area contributed by atoms with Crippen molar-refractivity contribution in [2.45, 2.75) is 19.0 Å². The average Bonchev–Trinajstić information content (AvgIpc) is 3.21. The molecule has 1 saturated heterocycles. The van der Waals surface area contributed by atoms with Gasteiger partial charge in [0.15, 0.2) is 11.6 Å². The molecule has 4 rings (SSSR count). The lowest BCUT2D eigenvalue weighted by Gasteiger charge is -2.35. The fourth-order valence-corrected chi connectivity index (χ4v) is 4.03. The standard InChI is InChI=1S/C22H25F3N6O2.ClH/c1-33-19-13-26-14-28-20(19)31-9-7-30(8-10-31)6-2-3-15-12-27-18-5-4-16(11-17(15)18)29-21(32)22(23,24)25;/h4-5,11-14,27H,2-3,6-10H2,1H3,(H,29,32);1H. The van der Waals surface area contributed by atoms with E-state index in [9.17, 15) is 18.0 Å². The second kappa shape index (κ2) is 10.9. The summed E-state index contributed by atoms with van der Waals surface area (Å²) in [5.74, 6) is -0.506. The molecule has 2 N–H and O–H groups in total. The van der Waals surface area contributed by atoms with Crippen LogP contribution in [0.3, 0.4) is 0 Å². The van der Waals surface area contributed by atoms with E-state index >= 15 is 0 Å². The van der Waals surface area contributed by atoms with Crippen LogP contribution in [0.2, 0.25) is 0 Å². The molecule has 2 aromatic heterocycles. The molecule has 3 aromatic rings. The molecule has 3 heterocycles. The molecule has 12 heteroatoms. The first kappa shape index (κ1) is 25.6. The molecule has 34 heavy (non-hydrogen) atoms. The van der Waals surface area contributed by atoms with Crippen LogP contribution in [0, 0.1) is 0 Å². The zero-order chi connectivity index (χ0) is 23.4. The van der Waals surface area contributed by atoms with E-state index in [2.05, 4.69) is 24.8 Å². The number of alkyl halides is 3. The number of piperazine rings is 1. The fourth-order valence-electron chi connectivity index (χ4n) is 4.03. The number of amides is 1. The van der Waals surface area contributed by atoms with Gasteiger partial charge in [-0.1, -0.05) is 0 Å². The SMILES string of the molecule is COc1cncnc1N1CCN(CCCc2c[nH]c3ccc(NC(=O)C(F)(F)F)cc23)CC1.Cl. The maximum Gasteiger partial charge on any atom is 0.471 e. The van der Waals surface area contributed by atoms with Crippen LogP contribution in [0.25, 0.3) is 10.9 Å². The average molecular weight is 499 g/mol. The van der Waals surface area contributed by atoms with Crippen LogP contribution in [0.15, 0.2) is 36.9 Å². The number of anilines is 2. The van der Waals surface area contributed by atoms with Crippen LogP contribution in [0.5, 0.6) is 5.75 Å². The fraction of sp³-hybridized carbons (Fsp3) is 0.409. The third kappa shape index (κ3) is 5.89.